The van der Waals surface area contributed by atoms with Crippen molar-refractivity contribution in [3.8, 4) is 0 Å². The molecule has 0 aliphatic rings. The Hall–Kier alpha value is -2.88. The smallest absolute Gasteiger partial charge is 0.272 e. The summed E-state index contributed by atoms with van der Waals surface area (Å²) in [6, 6.07) is 15.2. The number of benzene rings is 2. The maximum absolute atomic E-state index is 12.5. The highest BCUT2D eigenvalue weighted by Crippen LogP contribution is 2.14. The van der Waals surface area contributed by atoms with E-state index in [4.69, 9.17) is 0 Å². The molecule has 2 rings (SSSR count). The minimum atomic E-state index is -0.353. The number of carbonyl (C=O) groups excluding carboxylic acids is 2. The van der Waals surface area contributed by atoms with Crippen LogP contribution in [0.5, 0.6) is 0 Å². The molecule has 0 bridgehead atoms. The lowest BCUT2D eigenvalue weighted by Crippen LogP contribution is -2.29. The van der Waals surface area contributed by atoms with Crippen molar-refractivity contribution in [3.05, 3.63) is 70.9 Å². The van der Waals surface area contributed by atoms with Gasteiger partial charge >= 0.3 is 0 Å². The number of carbonyl (C=O) groups is 2. The molecule has 0 saturated carbocycles. The van der Waals surface area contributed by atoms with Gasteiger partial charge in [0.05, 0.1) is 0 Å². The maximum atomic E-state index is 12.5. The van der Waals surface area contributed by atoms with Crippen LogP contribution in [-0.2, 0) is 9.59 Å². The van der Waals surface area contributed by atoms with Crippen LogP contribution in [0.3, 0.4) is 0 Å². The van der Waals surface area contributed by atoms with Crippen LogP contribution in [0.25, 0.3) is 6.08 Å². The lowest BCUT2D eigenvalue weighted by atomic mass is 10.1. The molecule has 2 aromatic rings. The zero-order valence-corrected chi connectivity index (χ0v) is 13.5. The van der Waals surface area contributed by atoms with Crippen LogP contribution in [0.4, 0.5) is 5.69 Å². The molecule has 0 fully saturated rings. The van der Waals surface area contributed by atoms with Crippen molar-refractivity contribution in [2.75, 3.05) is 5.32 Å². The highest BCUT2D eigenvalue weighted by atomic mass is 16.2. The second-order valence-electron chi connectivity index (χ2n) is 5.42. The molecule has 0 spiro atoms. The van der Waals surface area contributed by atoms with Gasteiger partial charge in [-0.15, -0.1) is 0 Å². The number of hydrogen-bond acceptors (Lipinski definition) is 2. The number of anilines is 1. The lowest BCUT2D eigenvalue weighted by molar-refractivity contribution is -0.120. The number of hydrogen-bond donors (Lipinski definition) is 2. The van der Waals surface area contributed by atoms with Gasteiger partial charge < -0.3 is 10.6 Å². The highest BCUT2D eigenvalue weighted by molar-refractivity contribution is 6.08. The summed E-state index contributed by atoms with van der Waals surface area (Å²) in [6.07, 6.45) is 1.68. The molecule has 0 heterocycles. The normalized spacial score (nSPS) is 11.0. The van der Waals surface area contributed by atoms with Crippen LogP contribution in [0, 0.1) is 13.8 Å². The minimum absolute atomic E-state index is 0.216. The largest absolute Gasteiger partial charge is 0.322 e. The summed E-state index contributed by atoms with van der Waals surface area (Å²) in [4.78, 5) is 23.9. The van der Waals surface area contributed by atoms with E-state index in [0.717, 1.165) is 16.7 Å². The third-order valence-electron chi connectivity index (χ3n) is 3.32. The van der Waals surface area contributed by atoms with E-state index >= 15 is 0 Å². The predicted molar refractivity (Wildman–Crippen MR) is 92.8 cm³/mol. The van der Waals surface area contributed by atoms with Crippen molar-refractivity contribution < 1.29 is 9.59 Å². The second kappa shape index (κ2) is 7.40. The zero-order chi connectivity index (χ0) is 16.8. The molecule has 0 atom stereocenters. The van der Waals surface area contributed by atoms with Gasteiger partial charge in [0.2, 0.25) is 5.91 Å². The zero-order valence-electron chi connectivity index (χ0n) is 13.5. The summed E-state index contributed by atoms with van der Waals surface area (Å²) in [7, 11) is 0. The molecular formula is C19H20N2O2. The maximum Gasteiger partial charge on any atom is 0.272 e. The SMILES string of the molecule is CC(=O)NC(=Cc1ccccc1C)C(=O)Nc1cccc(C)c1. The van der Waals surface area contributed by atoms with Crippen molar-refractivity contribution >= 4 is 23.6 Å². The Balaban J connectivity index is 2.29. The van der Waals surface area contributed by atoms with Gasteiger partial charge in [0.1, 0.15) is 5.70 Å². The Morgan fingerprint density at radius 3 is 2.39 bits per heavy atom. The number of nitrogens with one attached hydrogen (secondary N) is 2. The highest BCUT2D eigenvalue weighted by Gasteiger charge is 2.12. The third-order valence-corrected chi connectivity index (χ3v) is 3.32. The van der Waals surface area contributed by atoms with Crippen LogP contribution in [0.1, 0.15) is 23.6 Å². The van der Waals surface area contributed by atoms with Gasteiger partial charge in [-0.05, 0) is 48.7 Å². The van der Waals surface area contributed by atoms with Crippen molar-refractivity contribution in [2.45, 2.75) is 20.8 Å². The van der Waals surface area contributed by atoms with Crippen LogP contribution < -0.4 is 10.6 Å². The Bertz CT molecular complexity index is 763. The molecule has 0 aliphatic carbocycles. The summed E-state index contributed by atoms with van der Waals surface area (Å²) in [6.45, 7) is 5.29. The number of rotatable bonds is 4. The van der Waals surface area contributed by atoms with E-state index in [0.29, 0.717) is 5.69 Å². The van der Waals surface area contributed by atoms with Gasteiger partial charge in [-0.25, -0.2) is 0 Å². The van der Waals surface area contributed by atoms with E-state index in [1.165, 1.54) is 6.92 Å². The summed E-state index contributed by atoms with van der Waals surface area (Å²) in [5.41, 5.74) is 3.87. The van der Waals surface area contributed by atoms with Gasteiger partial charge in [0.15, 0.2) is 0 Å². The molecule has 0 unspecified atom stereocenters. The van der Waals surface area contributed by atoms with E-state index in [9.17, 15) is 9.59 Å². The first-order chi connectivity index (χ1) is 11.0. The number of amides is 2. The molecule has 2 amide bonds. The molecule has 118 valence electrons. The van der Waals surface area contributed by atoms with Gasteiger partial charge in [-0.2, -0.15) is 0 Å². The lowest BCUT2D eigenvalue weighted by Gasteiger charge is -2.11. The van der Waals surface area contributed by atoms with Crippen LogP contribution in [0.2, 0.25) is 0 Å². The van der Waals surface area contributed by atoms with Gasteiger partial charge in [0, 0.05) is 12.6 Å². The molecule has 4 heteroatoms. The Morgan fingerprint density at radius 1 is 1.00 bits per heavy atom. The first-order valence-corrected chi connectivity index (χ1v) is 7.38. The topological polar surface area (TPSA) is 58.2 Å². The first kappa shape index (κ1) is 16.5. The predicted octanol–water partition coefficient (Wildman–Crippen LogP) is 3.42. The molecule has 0 radical (unpaired) electrons. The standard InChI is InChI=1S/C19H20N2O2/c1-13-7-6-10-17(11-13)21-19(23)18(20-15(3)22)12-16-9-5-4-8-14(16)2/h4-12H,1-3H3,(H,20,22)(H,21,23). The fraction of sp³-hybridized carbons (Fsp3) is 0.158. The fourth-order valence-corrected chi connectivity index (χ4v) is 2.17. The monoisotopic (exact) mass is 308 g/mol. The molecule has 0 aliphatic heterocycles. The van der Waals surface area contributed by atoms with Crippen LogP contribution in [-0.4, -0.2) is 11.8 Å². The second-order valence-corrected chi connectivity index (χ2v) is 5.42. The molecule has 0 saturated heterocycles. The van der Waals surface area contributed by atoms with Gasteiger partial charge in [0.25, 0.3) is 5.91 Å². The van der Waals surface area contributed by atoms with Crippen LogP contribution >= 0.6 is 0 Å². The molecular weight excluding hydrogens is 288 g/mol. The summed E-state index contributed by atoms with van der Waals surface area (Å²) in [5, 5.41) is 5.41. The van der Waals surface area contributed by atoms with Crippen LogP contribution in [0.15, 0.2) is 54.2 Å². The fourth-order valence-electron chi connectivity index (χ4n) is 2.17. The van der Waals surface area contributed by atoms with E-state index < -0.39 is 0 Å². The van der Waals surface area contributed by atoms with E-state index in [2.05, 4.69) is 10.6 Å². The molecule has 4 nitrogen and oxygen atoms in total. The van der Waals surface area contributed by atoms with Crippen molar-refractivity contribution in [1.82, 2.24) is 5.32 Å². The Labute approximate surface area is 136 Å². The summed E-state index contributed by atoms with van der Waals surface area (Å²) in [5.74, 6) is -0.640. The first-order valence-electron chi connectivity index (χ1n) is 7.38. The third kappa shape index (κ3) is 4.81. The van der Waals surface area contributed by atoms with Gasteiger partial charge in [-0.1, -0.05) is 36.4 Å². The number of aryl methyl sites for hydroxylation is 2. The van der Waals surface area contributed by atoms with Crippen molar-refractivity contribution in [3.63, 3.8) is 0 Å². The quantitative estimate of drug-likeness (QED) is 0.850. The van der Waals surface area contributed by atoms with E-state index in [1.54, 1.807) is 6.08 Å². The minimum Gasteiger partial charge on any atom is -0.322 e. The average Bonchev–Trinajstić information content (AvgIpc) is 2.48. The van der Waals surface area contributed by atoms with Crippen molar-refractivity contribution in [1.29, 1.82) is 0 Å². The molecule has 2 aromatic carbocycles. The average molecular weight is 308 g/mol. The van der Waals surface area contributed by atoms with Crippen molar-refractivity contribution in [2.24, 2.45) is 0 Å². The molecule has 2 N–H and O–H groups in total. The Morgan fingerprint density at radius 2 is 1.74 bits per heavy atom. The Kier molecular flexibility index (Phi) is 5.31. The van der Waals surface area contributed by atoms with Gasteiger partial charge in [-0.3, -0.25) is 9.59 Å². The summed E-state index contributed by atoms with van der Waals surface area (Å²) >= 11 is 0. The van der Waals surface area contributed by atoms with E-state index in [-0.39, 0.29) is 17.5 Å². The molecule has 23 heavy (non-hydrogen) atoms. The van der Waals surface area contributed by atoms with E-state index in [1.807, 2.05) is 62.4 Å². The summed E-state index contributed by atoms with van der Waals surface area (Å²) < 4.78 is 0. The molecule has 0 aromatic heterocycles.